The number of fused-ring (bicyclic) bond motifs is 1. The lowest BCUT2D eigenvalue weighted by molar-refractivity contribution is -0.130. The largest absolute Gasteiger partial charge is 0.384 e. The number of benzene rings is 1. The fraction of sp³-hybridized carbons (Fsp3) is 0.533. The molecule has 0 saturated carbocycles. The Labute approximate surface area is 108 Å². The van der Waals surface area contributed by atoms with Gasteiger partial charge < -0.3 is 10.2 Å². The molecule has 0 aromatic heterocycles. The SMILES string of the molecule is O=C(CCc1cccc2c1NCC2)N1CCCC1. The van der Waals surface area contributed by atoms with Crippen LogP contribution >= 0.6 is 0 Å². The summed E-state index contributed by atoms with van der Waals surface area (Å²) in [5.41, 5.74) is 3.99. The topological polar surface area (TPSA) is 32.3 Å². The number of amides is 1. The number of carbonyl (C=O) groups is 1. The van der Waals surface area contributed by atoms with Crippen molar-refractivity contribution in [1.29, 1.82) is 0 Å². The second-order valence-corrected chi connectivity index (χ2v) is 5.22. The first-order chi connectivity index (χ1) is 8.84. The van der Waals surface area contributed by atoms with Crippen molar-refractivity contribution in [1.82, 2.24) is 4.90 Å². The molecular weight excluding hydrogens is 224 g/mol. The average Bonchev–Trinajstić information content (AvgIpc) is 3.05. The Bertz CT molecular complexity index is 450. The molecular formula is C15H20N2O. The molecule has 0 atom stereocenters. The van der Waals surface area contributed by atoms with E-state index in [1.807, 2.05) is 4.90 Å². The van der Waals surface area contributed by atoms with E-state index < -0.39 is 0 Å². The van der Waals surface area contributed by atoms with Crippen molar-refractivity contribution in [2.45, 2.75) is 32.1 Å². The highest BCUT2D eigenvalue weighted by molar-refractivity contribution is 5.77. The molecule has 3 nitrogen and oxygen atoms in total. The van der Waals surface area contributed by atoms with Gasteiger partial charge in [0.25, 0.3) is 0 Å². The number of anilines is 1. The highest BCUT2D eigenvalue weighted by Gasteiger charge is 2.19. The lowest BCUT2D eigenvalue weighted by Gasteiger charge is -2.15. The van der Waals surface area contributed by atoms with E-state index >= 15 is 0 Å². The van der Waals surface area contributed by atoms with Gasteiger partial charge in [-0.1, -0.05) is 18.2 Å². The maximum atomic E-state index is 12.0. The maximum absolute atomic E-state index is 12.0. The van der Waals surface area contributed by atoms with Crippen molar-refractivity contribution in [3.05, 3.63) is 29.3 Å². The van der Waals surface area contributed by atoms with E-state index in [4.69, 9.17) is 0 Å². The van der Waals surface area contributed by atoms with Crippen LogP contribution in [-0.2, 0) is 17.6 Å². The van der Waals surface area contributed by atoms with Gasteiger partial charge in [0.15, 0.2) is 0 Å². The van der Waals surface area contributed by atoms with E-state index in [0.29, 0.717) is 12.3 Å². The van der Waals surface area contributed by atoms with Gasteiger partial charge in [-0.05, 0) is 36.8 Å². The van der Waals surface area contributed by atoms with Crippen molar-refractivity contribution in [3.8, 4) is 0 Å². The average molecular weight is 244 g/mol. The van der Waals surface area contributed by atoms with Crippen molar-refractivity contribution < 1.29 is 4.79 Å². The second kappa shape index (κ2) is 5.01. The minimum Gasteiger partial charge on any atom is -0.384 e. The fourth-order valence-electron chi connectivity index (χ4n) is 2.99. The standard InChI is InChI=1S/C15H20N2O/c18-14(17-10-1-2-11-17)7-6-12-4-3-5-13-8-9-16-15(12)13/h3-5,16H,1-2,6-11H2. The Morgan fingerprint density at radius 2 is 2.11 bits per heavy atom. The van der Waals surface area contributed by atoms with Crippen LogP contribution in [0.1, 0.15) is 30.4 Å². The van der Waals surface area contributed by atoms with Crippen LogP contribution in [0.3, 0.4) is 0 Å². The van der Waals surface area contributed by atoms with Crippen molar-refractivity contribution >= 4 is 11.6 Å². The monoisotopic (exact) mass is 244 g/mol. The molecule has 18 heavy (non-hydrogen) atoms. The fourth-order valence-corrected chi connectivity index (χ4v) is 2.99. The second-order valence-electron chi connectivity index (χ2n) is 5.22. The summed E-state index contributed by atoms with van der Waals surface area (Å²) in [7, 11) is 0. The first kappa shape index (κ1) is 11.6. The minimum absolute atomic E-state index is 0.322. The van der Waals surface area contributed by atoms with Crippen LogP contribution in [0.25, 0.3) is 0 Å². The van der Waals surface area contributed by atoms with Crippen molar-refractivity contribution in [3.63, 3.8) is 0 Å². The number of likely N-dealkylation sites (tertiary alicyclic amines) is 1. The van der Waals surface area contributed by atoms with Gasteiger partial charge in [-0.2, -0.15) is 0 Å². The van der Waals surface area contributed by atoms with E-state index in [1.54, 1.807) is 0 Å². The highest BCUT2D eigenvalue weighted by Crippen LogP contribution is 2.27. The summed E-state index contributed by atoms with van der Waals surface area (Å²) < 4.78 is 0. The number of nitrogens with zero attached hydrogens (tertiary/aromatic N) is 1. The van der Waals surface area contributed by atoms with Gasteiger partial charge >= 0.3 is 0 Å². The smallest absolute Gasteiger partial charge is 0.222 e. The number of para-hydroxylation sites is 1. The molecule has 2 aliphatic rings. The summed E-state index contributed by atoms with van der Waals surface area (Å²) in [6.45, 7) is 2.96. The molecule has 3 heteroatoms. The number of hydrogen-bond acceptors (Lipinski definition) is 2. The quantitative estimate of drug-likeness (QED) is 0.884. The lowest BCUT2D eigenvalue weighted by Crippen LogP contribution is -2.27. The predicted molar refractivity (Wildman–Crippen MR) is 72.8 cm³/mol. The minimum atomic E-state index is 0.322. The first-order valence-electron chi connectivity index (χ1n) is 6.97. The molecule has 0 aliphatic carbocycles. The molecule has 1 N–H and O–H groups in total. The van der Waals surface area contributed by atoms with Crippen molar-refractivity contribution in [2.75, 3.05) is 25.0 Å². The van der Waals surface area contributed by atoms with Gasteiger partial charge in [-0.15, -0.1) is 0 Å². The van der Waals surface area contributed by atoms with Gasteiger partial charge in [0.2, 0.25) is 5.91 Å². The molecule has 0 unspecified atom stereocenters. The molecule has 1 amide bonds. The zero-order chi connectivity index (χ0) is 12.4. The van der Waals surface area contributed by atoms with Crippen LogP contribution in [0.2, 0.25) is 0 Å². The normalized spacial score (nSPS) is 17.7. The lowest BCUT2D eigenvalue weighted by atomic mass is 10.0. The Balaban J connectivity index is 1.63. The van der Waals surface area contributed by atoms with Crippen LogP contribution in [0, 0.1) is 0 Å². The van der Waals surface area contributed by atoms with E-state index in [0.717, 1.165) is 32.5 Å². The maximum Gasteiger partial charge on any atom is 0.222 e. The molecule has 1 saturated heterocycles. The van der Waals surface area contributed by atoms with Gasteiger partial charge in [0.05, 0.1) is 0 Å². The Hall–Kier alpha value is -1.51. The van der Waals surface area contributed by atoms with Crippen LogP contribution in [0.5, 0.6) is 0 Å². The van der Waals surface area contributed by atoms with E-state index in [1.165, 1.54) is 29.7 Å². The molecule has 0 spiro atoms. The zero-order valence-electron chi connectivity index (χ0n) is 10.7. The molecule has 3 rings (SSSR count). The van der Waals surface area contributed by atoms with E-state index in [2.05, 4.69) is 23.5 Å². The number of hydrogen-bond donors (Lipinski definition) is 1. The predicted octanol–water partition coefficient (Wildman–Crippen LogP) is 2.21. The van der Waals surface area contributed by atoms with E-state index in [-0.39, 0.29) is 0 Å². The van der Waals surface area contributed by atoms with Crippen molar-refractivity contribution in [2.24, 2.45) is 0 Å². The van der Waals surface area contributed by atoms with E-state index in [9.17, 15) is 4.79 Å². The molecule has 1 aromatic rings. The summed E-state index contributed by atoms with van der Waals surface area (Å²) in [6, 6.07) is 6.44. The van der Waals surface area contributed by atoms with Crippen LogP contribution in [-0.4, -0.2) is 30.4 Å². The summed E-state index contributed by atoms with van der Waals surface area (Å²) >= 11 is 0. The summed E-state index contributed by atoms with van der Waals surface area (Å²) in [6.07, 6.45) is 4.98. The Morgan fingerprint density at radius 3 is 2.94 bits per heavy atom. The van der Waals surface area contributed by atoms with Crippen LogP contribution in [0.4, 0.5) is 5.69 Å². The molecule has 2 heterocycles. The molecule has 96 valence electrons. The third-order valence-electron chi connectivity index (χ3n) is 4.00. The Kier molecular flexibility index (Phi) is 3.22. The number of rotatable bonds is 3. The zero-order valence-corrected chi connectivity index (χ0v) is 10.7. The highest BCUT2D eigenvalue weighted by atomic mass is 16.2. The molecule has 0 radical (unpaired) electrons. The first-order valence-corrected chi connectivity index (χ1v) is 6.97. The molecule has 0 bridgehead atoms. The van der Waals surface area contributed by atoms with Crippen LogP contribution in [0.15, 0.2) is 18.2 Å². The summed E-state index contributed by atoms with van der Waals surface area (Å²) in [5, 5.41) is 3.44. The summed E-state index contributed by atoms with van der Waals surface area (Å²) in [5.74, 6) is 0.322. The molecule has 2 aliphatic heterocycles. The number of aryl methyl sites for hydroxylation is 1. The molecule has 1 fully saturated rings. The number of nitrogens with one attached hydrogen (secondary N) is 1. The van der Waals surface area contributed by atoms with Gasteiger partial charge in [-0.3, -0.25) is 4.79 Å². The van der Waals surface area contributed by atoms with Gasteiger partial charge in [0.1, 0.15) is 0 Å². The number of carbonyl (C=O) groups excluding carboxylic acids is 1. The molecule has 1 aromatic carbocycles. The summed E-state index contributed by atoms with van der Waals surface area (Å²) in [4.78, 5) is 14.0. The van der Waals surface area contributed by atoms with Gasteiger partial charge in [-0.25, -0.2) is 0 Å². The Morgan fingerprint density at radius 1 is 1.28 bits per heavy atom. The van der Waals surface area contributed by atoms with Crippen LogP contribution < -0.4 is 5.32 Å². The van der Waals surface area contributed by atoms with Gasteiger partial charge in [0, 0.05) is 31.7 Å². The third kappa shape index (κ3) is 2.22. The third-order valence-corrected chi connectivity index (χ3v) is 4.00.